The highest BCUT2D eigenvalue weighted by Gasteiger charge is 2.20. The summed E-state index contributed by atoms with van der Waals surface area (Å²) < 4.78 is 1.57. The van der Waals surface area contributed by atoms with Gasteiger partial charge in [-0.05, 0) is 27.9 Å². The fourth-order valence-electron chi connectivity index (χ4n) is 1.91. The molecular formula is C11H20N4O2. The number of anilines is 1. The van der Waals surface area contributed by atoms with Crippen molar-refractivity contribution in [2.75, 3.05) is 26.0 Å². The van der Waals surface area contributed by atoms with E-state index >= 15 is 0 Å². The number of nitrogens with zero attached hydrogens (tertiary/aromatic N) is 3. The summed E-state index contributed by atoms with van der Waals surface area (Å²) in [5.74, 6) is -0.389. The van der Waals surface area contributed by atoms with Crippen molar-refractivity contribution in [1.82, 2.24) is 14.7 Å². The highest BCUT2D eigenvalue weighted by atomic mass is 16.4. The van der Waals surface area contributed by atoms with Crippen LogP contribution < -0.4 is 5.32 Å². The van der Waals surface area contributed by atoms with Crippen LogP contribution in [0.2, 0.25) is 0 Å². The van der Waals surface area contributed by atoms with E-state index in [9.17, 15) is 4.79 Å². The molecule has 0 fully saturated rings. The molecule has 0 aliphatic rings. The lowest BCUT2D eigenvalue weighted by Crippen LogP contribution is -2.30. The van der Waals surface area contributed by atoms with Gasteiger partial charge in [0.25, 0.3) is 0 Å². The van der Waals surface area contributed by atoms with E-state index in [2.05, 4.69) is 10.4 Å². The van der Waals surface area contributed by atoms with E-state index in [1.54, 1.807) is 18.7 Å². The number of aryl methyl sites for hydroxylation is 2. The Morgan fingerprint density at radius 3 is 2.65 bits per heavy atom. The molecule has 0 radical (unpaired) electrons. The van der Waals surface area contributed by atoms with Gasteiger partial charge in [0.2, 0.25) is 0 Å². The monoisotopic (exact) mass is 240 g/mol. The van der Waals surface area contributed by atoms with Gasteiger partial charge < -0.3 is 15.3 Å². The van der Waals surface area contributed by atoms with Gasteiger partial charge in [0, 0.05) is 19.6 Å². The van der Waals surface area contributed by atoms with Crippen molar-refractivity contribution in [2.24, 2.45) is 7.05 Å². The number of likely N-dealkylation sites (N-methyl/N-ethyl adjacent to an activating group) is 1. The average molecular weight is 240 g/mol. The lowest BCUT2D eigenvalue weighted by Gasteiger charge is -2.19. The molecule has 1 aromatic heterocycles. The summed E-state index contributed by atoms with van der Waals surface area (Å²) in [5.41, 5.74) is 0.776. The zero-order valence-electron chi connectivity index (χ0n) is 11.0. The first-order valence-corrected chi connectivity index (χ1v) is 5.51. The number of hydrogen-bond donors (Lipinski definition) is 2. The minimum Gasteiger partial charge on any atom is -0.477 e. The van der Waals surface area contributed by atoms with Crippen molar-refractivity contribution >= 4 is 11.8 Å². The van der Waals surface area contributed by atoms with Crippen LogP contribution in [-0.2, 0) is 7.05 Å². The SMILES string of the molecule is Cc1nn(C)c(NC(C)CN(C)C)c1C(=O)O. The molecule has 0 aliphatic carbocycles. The van der Waals surface area contributed by atoms with E-state index in [4.69, 9.17) is 5.11 Å². The van der Waals surface area contributed by atoms with Gasteiger partial charge in [-0.2, -0.15) is 5.10 Å². The zero-order chi connectivity index (χ0) is 13.2. The molecule has 2 N–H and O–H groups in total. The number of hydrogen-bond acceptors (Lipinski definition) is 4. The maximum absolute atomic E-state index is 11.2. The minimum atomic E-state index is -0.949. The molecule has 96 valence electrons. The van der Waals surface area contributed by atoms with Gasteiger partial charge >= 0.3 is 5.97 Å². The van der Waals surface area contributed by atoms with Crippen molar-refractivity contribution in [1.29, 1.82) is 0 Å². The standard InChI is InChI=1S/C11H20N4O2/c1-7(6-14(3)4)12-10-9(11(16)17)8(2)13-15(10)5/h7,12H,6H2,1-5H3,(H,16,17). The molecule has 17 heavy (non-hydrogen) atoms. The molecule has 0 amide bonds. The summed E-state index contributed by atoms with van der Waals surface area (Å²) in [5, 5.41) is 16.5. The second kappa shape index (κ2) is 5.18. The second-order valence-electron chi connectivity index (χ2n) is 4.55. The van der Waals surface area contributed by atoms with Crippen molar-refractivity contribution in [3.8, 4) is 0 Å². The van der Waals surface area contributed by atoms with Crippen LogP contribution in [0, 0.1) is 6.92 Å². The van der Waals surface area contributed by atoms with Gasteiger partial charge in [0.15, 0.2) is 0 Å². The summed E-state index contributed by atoms with van der Waals surface area (Å²) in [7, 11) is 5.69. The van der Waals surface area contributed by atoms with Gasteiger partial charge in [0.1, 0.15) is 11.4 Å². The first-order chi connectivity index (χ1) is 7.82. The second-order valence-corrected chi connectivity index (χ2v) is 4.55. The van der Waals surface area contributed by atoms with Crippen LogP contribution in [0.25, 0.3) is 0 Å². The lowest BCUT2D eigenvalue weighted by atomic mass is 10.2. The molecule has 6 nitrogen and oxygen atoms in total. The van der Waals surface area contributed by atoms with Crippen LogP contribution >= 0.6 is 0 Å². The largest absolute Gasteiger partial charge is 0.477 e. The summed E-state index contributed by atoms with van der Waals surface area (Å²) in [6.45, 7) is 4.53. The number of carboxylic acid groups (broad SMARTS) is 1. The van der Waals surface area contributed by atoms with Crippen molar-refractivity contribution < 1.29 is 9.90 Å². The molecule has 6 heteroatoms. The highest BCUT2D eigenvalue weighted by Crippen LogP contribution is 2.19. The smallest absolute Gasteiger partial charge is 0.341 e. The predicted molar refractivity (Wildman–Crippen MR) is 66.5 cm³/mol. The van der Waals surface area contributed by atoms with E-state index in [0.29, 0.717) is 11.5 Å². The maximum Gasteiger partial charge on any atom is 0.341 e. The van der Waals surface area contributed by atoms with E-state index < -0.39 is 5.97 Å². The van der Waals surface area contributed by atoms with Gasteiger partial charge in [-0.1, -0.05) is 0 Å². The van der Waals surface area contributed by atoms with E-state index in [0.717, 1.165) is 6.54 Å². The Kier molecular flexibility index (Phi) is 4.11. The van der Waals surface area contributed by atoms with Crippen LogP contribution in [0.3, 0.4) is 0 Å². The van der Waals surface area contributed by atoms with Crippen molar-refractivity contribution in [3.05, 3.63) is 11.3 Å². The highest BCUT2D eigenvalue weighted by molar-refractivity contribution is 5.94. The first kappa shape index (κ1) is 13.5. The Hall–Kier alpha value is -1.56. The normalized spacial score (nSPS) is 12.8. The molecule has 0 bridgehead atoms. The maximum atomic E-state index is 11.2. The van der Waals surface area contributed by atoms with E-state index in [1.165, 1.54) is 0 Å². The Morgan fingerprint density at radius 1 is 1.59 bits per heavy atom. The predicted octanol–water partition coefficient (Wildman–Crippen LogP) is 0.789. The van der Waals surface area contributed by atoms with Crippen LogP contribution in [0.15, 0.2) is 0 Å². The molecule has 0 aliphatic heterocycles. The van der Waals surface area contributed by atoms with E-state index in [1.807, 2.05) is 25.9 Å². The third-order valence-corrected chi connectivity index (χ3v) is 2.46. The molecular weight excluding hydrogens is 220 g/mol. The minimum absolute atomic E-state index is 0.151. The molecule has 0 spiro atoms. The van der Waals surface area contributed by atoms with Crippen LogP contribution in [0.4, 0.5) is 5.82 Å². The zero-order valence-corrected chi connectivity index (χ0v) is 11.0. The number of carbonyl (C=O) groups is 1. The third kappa shape index (κ3) is 3.20. The van der Waals surface area contributed by atoms with Crippen LogP contribution in [-0.4, -0.2) is 52.4 Å². The molecule has 1 unspecified atom stereocenters. The topological polar surface area (TPSA) is 70.4 Å². The van der Waals surface area contributed by atoms with Gasteiger partial charge in [0.05, 0.1) is 5.69 Å². The summed E-state index contributed by atoms with van der Waals surface area (Å²) in [4.78, 5) is 13.2. The molecule has 1 rings (SSSR count). The van der Waals surface area contributed by atoms with E-state index in [-0.39, 0.29) is 11.6 Å². The molecule has 0 aromatic carbocycles. The van der Waals surface area contributed by atoms with Gasteiger partial charge in [-0.25, -0.2) is 4.79 Å². The number of aromatic carboxylic acids is 1. The van der Waals surface area contributed by atoms with Crippen LogP contribution in [0.1, 0.15) is 23.0 Å². The molecule has 1 heterocycles. The summed E-state index contributed by atoms with van der Waals surface area (Å²) >= 11 is 0. The van der Waals surface area contributed by atoms with Gasteiger partial charge in [-0.3, -0.25) is 4.68 Å². The Labute approximate surface area is 101 Å². The molecule has 0 saturated heterocycles. The molecule has 1 aromatic rings. The number of aromatic nitrogens is 2. The first-order valence-electron chi connectivity index (χ1n) is 5.51. The molecule has 0 saturated carbocycles. The Balaban J connectivity index is 2.94. The fourth-order valence-corrected chi connectivity index (χ4v) is 1.91. The quantitative estimate of drug-likeness (QED) is 0.796. The van der Waals surface area contributed by atoms with Gasteiger partial charge in [-0.15, -0.1) is 0 Å². The lowest BCUT2D eigenvalue weighted by molar-refractivity contribution is 0.0697. The third-order valence-electron chi connectivity index (χ3n) is 2.46. The van der Waals surface area contributed by atoms with Crippen molar-refractivity contribution in [2.45, 2.75) is 19.9 Å². The van der Waals surface area contributed by atoms with Crippen LogP contribution in [0.5, 0.6) is 0 Å². The summed E-state index contributed by atoms with van der Waals surface area (Å²) in [6, 6.07) is 0.151. The summed E-state index contributed by atoms with van der Waals surface area (Å²) in [6.07, 6.45) is 0. The Morgan fingerprint density at radius 2 is 2.18 bits per heavy atom. The number of carboxylic acids is 1. The Bertz CT molecular complexity index is 412. The number of rotatable bonds is 5. The average Bonchev–Trinajstić information content (AvgIpc) is 2.39. The fraction of sp³-hybridized carbons (Fsp3) is 0.636. The molecule has 1 atom stereocenters. The number of nitrogens with one attached hydrogen (secondary N) is 1. The van der Waals surface area contributed by atoms with Crippen molar-refractivity contribution in [3.63, 3.8) is 0 Å².